The fourth-order valence-corrected chi connectivity index (χ4v) is 1.43. The molecule has 0 fully saturated rings. The van der Waals surface area contributed by atoms with Crippen LogP contribution in [0.15, 0.2) is 18.2 Å². The highest BCUT2D eigenvalue weighted by Gasteiger charge is 2.15. The normalized spacial score (nSPS) is 14.1. The van der Waals surface area contributed by atoms with Gasteiger partial charge < -0.3 is 0 Å². The van der Waals surface area contributed by atoms with Crippen LogP contribution in [0.4, 0.5) is 0 Å². The van der Waals surface area contributed by atoms with Crippen molar-refractivity contribution in [2.45, 2.75) is 52.4 Å². The standard InChI is InChI=1S/C14H21/c1-6-11(2)12-8-7-9-13(10-12)14(3,4)5/h7-9,11H,6H2,1-5H3. The molecule has 1 atom stereocenters. The molecule has 1 aromatic carbocycles. The minimum absolute atomic E-state index is 0.212. The van der Waals surface area contributed by atoms with Gasteiger partial charge in [-0.15, -0.1) is 0 Å². The van der Waals surface area contributed by atoms with Gasteiger partial charge in [-0.3, -0.25) is 0 Å². The van der Waals surface area contributed by atoms with Crippen molar-refractivity contribution in [1.82, 2.24) is 0 Å². The predicted octanol–water partition coefficient (Wildman–Crippen LogP) is 4.30. The quantitative estimate of drug-likeness (QED) is 0.650. The van der Waals surface area contributed by atoms with Gasteiger partial charge in [0.1, 0.15) is 0 Å². The van der Waals surface area contributed by atoms with Crippen molar-refractivity contribution >= 4 is 0 Å². The summed E-state index contributed by atoms with van der Waals surface area (Å²) in [6.45, 7) is 11.2. The second kappa shape index (κ2) is 4.16. The van der Waals surface area contributed by atoms with Gasteiger partial charge in [0, 0.05) is 0 Å². The molecule has 0 aliphatic rings. The Morgan fingerprint density at radius 1 is 1.29 bits per heavy atom. The molecule has 0 aromatic heterocycles. The van der Waals surface area contributed by atoms with Gasteiger partial charge in [-0.2, -0.15) is 0 Å². The van der Waals surface area contributed by atoms with Crippen LogP contribution in [-0.2, 0) is 5.41 Å². The maximum Gasteiger partial charge on any atom is -0.0106 e. The lowest BCUT2D eigenvalue weighted by atomic mass is 9.84. The Morgan fingerprint density at radius 3 is 2.43 bits per heavy atom. The molecule has 0 N–H and O–H groups in total. The Balaban J connectivity index is 3.01. The van der Waals surface area contributed by atoms with Crippen LogP contribution in [0.3, 0.4) is 0 Å². The van der Waals surface area contributed by atoms with Crippen LogP contribution in [0.2, 0.25) is 0 Å². The van der Waals surface area contributed by atoms with Crippen molar-refractivity contribution in [3.63, 3.8) is 0 Å². The van der Waals surface area contributed by atoms with E-state index in [-0.39, 0.29) is 5.41 Å². The van der Waals surface area contributed by atoms with Gasteiger partial charge in [-0.25, -0.2) is 0 Å². The van der Waals surface area contributed by atoms with E-state index in [9.17, 15) is 0 Å². The van der Waals surface area contributed by atoms with Gasteiger partial charge in [0.25, 0.3) is 0 Å². The number of benzene rings is 1. The fraction of sp³-hybridized carbons (Fsp3) is 0.571. The SMILES string of the molecule is CCC(C)c1[c]c(C(C)(C)C)ccc1. The number of hydrogen-bond donors (Lipinski definition) is 0. The zero-order chi connectivity index (χ0) is 10.8. The molecule has 0 heterocycles. The Morgan fingerprint density at radius 2 is 1.93 bits per heavy atom. The molecule has 0 saturated heterocycles. The molecule has 1 radical (unpaired) electrons. The van der Waals surface area contributed by atoms with Crippen molar-refractivity contribution in [3.8, 4) is 0 Å². The third-order valence-electron chi connectivity index (χ3n) is 2.77. The lowest BCUT2D eigenvalue weighted by Gasteiger charge is -2.20. The summed E-state index contributed by atoms with van der Waals surface area (Å²) >= 11 is 0. The molecule has 0 heteroatoms. The van der Waals surface area contributed by atoms with Crippen LogP contribution in [0.25, 0.3) is 0 Å². The molecular weight excluding hydrogens is 168 g/mol. The van der Waals surface area contributed by atoms with Crippen molar-refractivity contribution in [1.29, 1.82) is 0 Å². The van der Waals surface area contributed by atoms with Crippen LogP contribution >= 0.6 is 0 Å². The topological polar surface area (TPSA) is 0 Å². The van der Waals surface area contributed by atoms with E-state index in [0.717, 1.165) is 0 Å². The van der Waals surface area contributed by atoms with Gasteiger partial charge in [-0.05, 0) is 34.9 Å². The summed E-state index contributed by atoms with van der Waals surface area (Å²) in [6.07, 6.45) is 1.18. The second-order valence-corrected chi connectivity index (χ2v) is 5.08. The van der Waals surface area contributed by atoms with E-state index in [1.165, 1.54) is 17.5 Å². The molecule has 0 aliphatic carbocycles. The highest BCUT2D eigenvalue weighted by atomic mass is 14.2. The Labute approximate surface area is 88.4 Å². The molecule has 1 aromatic rings. The first kappa shape index (κ1) is 11.3. The zero-order valence-electron chi connectivity index (χ0n) is 10.0. The van der Waals surface area contributed by atoms with Gasteiger partial charge in [0.2, 0.25) is 0 Å². The van der Waals surface area contributed by atoms with Crippen LogP contribution in [0, 0.1) is 6.07 Å². The molecule has 0 bridgehead atoms. The van der Waals surface area contributed by atoms with Gasteiger partial charge in [0.15, 0.2) is 0 Å². The minimum Gasteiger partial charge on any atom is -0.0648 e. The maximum atomic E-state index is 3.54. The van der Waals surface area contributed by atoms with Crippen LogP contribution in [0.5, 0.6) is 0 Å². The van der Waals surface area contributed by atoms with Crippen molar-refractivity contribution in [3.05, 3.63) is 35.4 Å². The third kappa shape index (κ3) is 2.60. The van der Waals surface area contributed by atoms with Crippen LogP contribution < -0.4 is 0 Å². The Hall–Kier alpha value is -0.780. The summed E-state index contributed by atoms with van der Waals surface area (Å²) in [5.41, 5.74) is 2.87. The molecule has 0 saturated carbocycles. The van der Waals surface area contributed by atoms with E-state index in [1.807, 2.05) is 0 Å². The fourth-order valence-electron chi connectivity index (χ4n) is 1.43. The third-order valence-corrected chi connectivity index (χ3v) is 2.77. The summed E-state index contributed by atoms with van der Waals surface area (Å²) < 4.78 is 0. The molecule has 0 aliphatic heterocycles. The number of rotatable bonds is 2. The summed E-state index contributed by atoms with van der Waals surface area (Å²) in [5.74, 6) is 0.622. The summed E-state index contributed by atoms with van der Waals surface area (Å²) in [6, 6.07) is 10.0. The first-order valence-electron chi connectivity index (χ1n) is 5.48. The Kier molecular flexibility index (Phi) is 3.36. The van der Waals surface area contributed by atoms with Gasteiger partial charge >= 0.3 is 0 Å². The number of hydrogen-bond acceptors (Lipinski definition) is 0. The molecular formula is C14H21. The molecule has 0 nitrogen and oxygen atoms in total. The maximum absolute atomic E-state index is 3.54. The molecule has 0 amide bonds. The zero-order valence-corrected chi connectivity index (χ0v) is 10.0. The van der Waals surface area contributed by atoms with E-state index in [1.54, 1.807) is 0 Å². The summed E-state index contributed by atoms with van der Waals surface area (Å²) in [5, 5.41) is 0. The first-order valence-corrected chi connectivity index (χ1v) is 5.48. The van der Waals surface area contributed by atoms with Crippen LogP contribution in [-0.4, -0.2) is 0 Å². The first-order chi connectivity index (χ1) is 6.45. The van der Waals surface area contributed by atoms with Crippen LogP contribution in [0.1, 0.15) is 58.1 Å². The van der Waals surface area contributed by atoms with Crippen molar-refractivity contribution in [2.75, 3.05) is 0 Å². The average molecular weight is 189 g/mol. The van der Waals surface area contributed by atoms with Crippen molar-refractivity contribution < 1.29 is 0 Å². The van der Waals surface area contributed by atoms with E-state index >= 15 is 0 Å². The summed E-state index contributed by atoms with van der Waals surface area (Å²) in [4.78, 5) is 0. The monoisotopic (exact) mass is 189 g/mol. The molecule has 0 spiro atoms. The molecule has 77 valence electrons. The van der Waals surface area contributed by atoms with E-state index in [4.69, 9.17) is 0 Å². The lowest BCUT2D eigenvalue weighted by Crippen LogP contribution is -2.11. The molecule has 14 heavy (non-hydrogen) atoms. The van der Waals surface area contributed by atoms with Gasteiger partial charge in [0.05, 0.1) is 0 Å². The highest BCUT2D eigenvalue weighted by Crippen LogP contribution is 2.25. The highest BCUT2D eigenvalue weighted by molar-refractivity contribution is 5.28. The molecule has 1 unspecified atom stereocenters. The average Bonchev–Trinajstić information content (AvgIpc) is 2.15. The largest absolute Gasteiger partial charge is 0.0648 e. The molecule has 1 rings (SSSR count). The van der Waals surface area contributed by atoms with Crippen molar-refractivity contribution in [2.24, 2.45) is 0 Å². The van der Waals surface area contributed by atoms with Gasteiger partial charge in [-0.1, -0.05) is 52.8 Å². The Bertz CT molecular complexity index is 291. The van der Waals surface area contributed by atoms with E-state index < -0.39 is 0 Å². The lowest BCUT2D eigenvalue weighted by molar-refractivity contribution is 0.586. The second-order valence-electron chi connectivity index (χ2n) is 5.08. The van der Waals surface area contributed by atoms with E-state index in [0.29, 0.717) is 5.92 Å². The predicted molar refractivity (Wildman–Crippen MR) is 62.7 cm³/mol. The minimum atomic E-state index is 0.212. The van der Waals surface area contributed by atoms with E-state index in [2.05, 4.69) is 58.9 Å². The smallest absolute Gasteiger partial charge is 0.0106 e. The summed E-state index contributed by atoms with van der Waals surface area (Å²) in [7, 11) is 0.